The number of rotatable bonds is 6. The summed E-state index contributed by atoms with van der Waals surface area (Å²) in [6.07, 6.45) is -1.13. The van der Waals surface area contributed by atoms with Gasteiger partial charge in [-0.2, -0.15) is 0 Å². The topological polar surface area (TPSA) is 158 Å². The molecule has 1 saturated heterocycles. The Morgan fingerprint density at radius 2 is 2.17 bits per heavy atom. The molecule has 0 unspecified atom stereocenters. The van der Waals surface area contributed by atoms with Crippen molar-refractivity contribution >= 4 is 17.0 Å². The average Bonchev–Trinajstić information content (AvgIpc) is 3.10. The van der Waals surface area contributed by atoms with Crippen molar-refractivity contribution in [2.24, 2.45) is 0 Å². The molecule has 0 aliphatic carbocycles. The van der Waals surface area contributed by atoms with Crippen molar-refractivity contribution in [3.05, 3.63) is 12.7 Å². The third-order valence-electron chi connectivity index (χ3n) is 3.87. The highest BCUT2D eigenvalue weighted by Crippen LogP contribution is 2.40. The van der Waals surface area contributed by atoms with E-state index in [2.05, 4.69) is 15.0 Å². The van der Waals surface area contributed by atoms with Gasteiger partial charge in [0.25, 0.3) is 0 Å². The second kappa shape index (κ2) is 6.55. The maximum atomic E-state index is 10.9. The van der Waals surface area contributed by atoms with Gasteiger partial charge in [0.15, 0.2) is 17.7 Å². The van der Waals surface area contributed by atoms with Crippen LogP contribution in [0.25, 0.3) is 11.2 Å². The Balaban J connectivity index is 2.00. The van der Waals surface area contributed by atoms with Gasteiger partial charge in [-0.3, -0.25) is 4.57 Å². The first-order valence-corrected chi connectivity index (χ1v) is 7.25. The molecule has 1 fully saturated rings. The van der Waals surface area contributed by atoms with E-state index in [0.717, 1.165) is 0 Å². The lowest BCUT2D eigenvalue weighted by molar-refractivity contribution is -0.279. The van der Waals surface area contributed by atoms with Gasteiger partial charge in [-0.25, -0.2) is 15.0 Å². The third kappa shape index (κ3) is 2.60. The van der Waals surface area contributed by atoms with Crippen LogP contribution in [0.5, 0.6) is 0 Å². The summed E-state index contributed by atoms with van der Waals surface area (Å²) in [5, 5.41) is 30.5. The zero-order chi connectivity index (χ0) is 17.3. The second-order valence-electron chi connectivity index (χ2n) is 5.33. The SMILES string of the molecule is COCCO[C@@]1(O)[C@H](O)[C@@H](CO)O[C@H]1n1cnc2c(N)ncnc21. The number of nitrogens with two attached hydrogens (primary N) is 1. The van der Waals surface area contributed by atoms with Crippen LogP contribution in [-0.4, -0.2) is 79.8 Å². The molecule has 11 heteroatoms. The largest absolute Gasteiger partial charge is 0.394 e. The van der Waals surface area contributed by atoms with Crippen LogP contribution in [0, 0.1) is 0 Å². The molecule has 2 aromatic heterocycles. The van der Waals surface area contributed by atoms with Crippen molar-refractivity contribution in [2.75, 3.05) is 32.7 Å². The zero-order valence-electron chi connectivity index (χ0n) is 12.9. The smallest absolute Gasteiger partial charge is 0.241 e. The number of aliphatic hydroxyl groups is 3. The lowest BCUT2D eigenvalue weighted by Gasteiger charge is -2.31. The fourth-order valence-electron chi connectivity index (χ4n) is 2.64. The molecule has 24 heavy (non-hydrogen) atoms. The normalized spacial score (nSPS) is 30.2. The van der Waals surface area contributed by atoms with Crippen LogP contribution in [0.1, 0.15) is 6.23 Å². The average molecular weight is 341 g/mol. The first kappa shape index (κ1) is 17.0. The molecule has 0 saturated carbocycles. The molecular weight excluding hydrogens is 322 g/mol. The highest BCUT2D eigenvalue weighted by molar-refractivity contribution is 5.81. The number of methoxy groups -OCH3 is 1. The minimum atomic E-state index is -2.13. The summed E-state index contributed by atoms with van der Waals surface area (Å²) >= 11 is 0. The fraction of sp³-hybridized carbons (Fsp3) is 0.615. The van der Waals surface area contributed by atoms with E-state index < -0.39 is 30.8 Å². The Bertz CT molecular complexity index is 711. The molecule has 0 aromatic carbocycles. The van der Waals surface area contributed by atoms with Gasteiger partial charge in [0.1, 0.15) is 24.1 Å². The van der Waals surface area contributed by atoms with E-state index in [1.165, 1.54) is 24.3 Å². The zero-order valence-corrected chi connectivity index (χ0v) is 12.9. The summed E-state index contributed by atoms with van der Waals surface area (Å²) in [7, 11) is 1.48. The number of hydrogen-bond donors (Lipinski definition) is 4. The van der Waals surface area contributed by atoms with Crippen molar-refractivity contribution in [3.8, 4) is 0 Å². The molecule has 1 aliphatic heterocycles. The highest BCUT2D eigenvalue weighted by Gasteiger charge is 2.58. The summed E-state index contributed by atoms with van der Waals surface area (Å²) < 4.78 is 17.2. The predicted molar refractivity (Wildman–Crippen MR) is 79.5 cm³/mol. The maximum absolute atomic E-state index is 10.9. The predicted octanol–water partition coefficient (Wildman–Crippen LogP) is -1.99. The van der Waals surface area contributed by atoms with Crippen LogP contribution in [0.4, 0.5) is 5.82 Å². The molecule has 3 rings (SSSR count). The molecule has 4 atom stereocenters. The van der Waals surface area contributed by atoms with Crippen LogP contribution >= 0.6 is 0 Å². The molecule has 1 aliphatic rings. The van der Waals surface area contributed by atoms with E-state index in [0.29, 0.717) is 11.2 Å². The van der Waals surface area contributed by atoms with Crippen LogP contribution < -0.4 is 5.73 Å². The Kier molecular flexibility index (Phi) is 4.62. The summed E-state index contributed by atoms with van der Waals surface area (Å²) in [5.74, 6) is -1.96. The van der Waals surface area contributed by atoms with E-state index >= 15 is 0 Å². The van der Waals surface area contributed by atoms with Gasteiger partial charge in [0.2, 0.25) is 5.79 Å². The molecule has 0 amide bonds. The lowest BCUT2D eigenvalue weighted by atomic mass is 10.1. The van der Waals surface area contributed by atoms with Gasteiger partial charge < -0.3 is 35.3 Å². The van der Waals surface area contributed by atoms with Crippen molar-refractivity contribution in [2.45, 2.75) is 24.2 Å². The minimum Gasteiger partial charge on any atom is -0.394 e. The van der Waals surface area contributed by atoms with E-state index in [4.69, 9.17) is 19.9 Å². The monoisotopic (exact) mass is 341 g/mol. The van der Waals surface area contributed by atoms with Crippen LogP contribution in [0.15, 0.2) is 12.7 Å². The molecular formula is C13H19N5O6. The van der Waals surface area contributed by atoms with Crippen LogP contribution in [-0.2, 0) is 14.2 Å². The van der Waals surface area contributed by atoms with Crippen molar-refractivity contribution in [1.29, 1.82) is 0 Å². The Morgan fingerprint density at radius 1 is 1.38 bits per heavy atom. The first-order valence-electron chi connectivity index (χ1n) is 7.25. The van der Waals surface area contributed by atoms with Gasteiger partial charge in [-0.1, -0.05) is 0 Å². The number of nitrogens with zero attached hydrogens (tertiary/aromatic N) is 4. The molecule has 3 heterocycles. The second-order valence-corrected chi connectivity index (χ2v) is 5.33. The number of aliphatic hydroxyl groups excluding tert-OH is 2. The molecule has 0 bridgehead atoms. The van der Waals surface area contributed by atoms with Crippen LogP contribution in [0.2, 0.25) is 0 Å². The number of ether oxygens (including phenoxy) is 3. The fourth-order valence-corrected chi connectivity index (χ4v) is 2.64. The lowest BCUT2D eigenvalue weighted by Crippen LogP contribution is -2.49. The third-order valence-corrected chi connectivity index (χ3v) is 3.87. The van der Waals surface area contributed by atoms with Gasteiger partial charge in [0, 0.05) is 7.11 Å². The van der Waals surface area contributed by atoms with E-state index in [1.807, 2.05) is 0 Å². The number of anilines is 1. The first-order chi connectivity index (χ1) is 11.5. The van der Waals surface area contributed by atoms with E-state index in [9.17, 15) is 15.3 Å². The Hall–Kier alpha value is -1.89. The van der Waals surface area contributed by atoms with Crippen molar-refractivity contribution < 1.29 is 29.5 Å². The number of fused-ring (bicyclic) bond motifs is 1. The van der Waals surface area contributed by atoms with Gasteiger partial charge in [-0.05, 0) is 0 Å². The maximum Gasteiger partial charge on any atom is 0.241 e. The summed E-state index contributed by atoms with van der Waals surface area (Å²) in [6.45, 7) is -0.297. The van der Waals surface area contributed by atoms with E-state index in [-0.39, 0.29) is 19.0 Å². The molecule has 132 valence electrons. The van der Waals surface area contributed by atoms with Gasteiger partial charge in [0.05, 0.1) is 26.1 Å². The van der Waals surface area contributed by atoms with Crippen LogP contribution in [0.3, 0.4) is 0 Å². The molecule has 0 spiro atoms. The summed E-state index contributed by atoms with van der Waals surface area (Å²) in [5.41, 5.74) is 6.37. The Morgan fingerprint density at radius 3 is 2.88 bits per heavy atom. The van der Waals surface area contributed by atoms with E-state index in [1.54, 1.807) is 0 Å². The number of nitrogen functional groups attached to an aromatic ring is 1. The standard InChI is InChI=1S/C13H19N5O6/c1-22-2-3-23-13(21)9(20)7(4-19)24-12(13)18-6-17-8-10(14)15-5-16-11(8)18/h5-7,9,12,19-21H,2-4H2,1H3,(H2,14,15,16)/t7-,9-,12-,13+/m1/s1. The summed E-state index contributed by atoms with van der Waals surface area (Å²) in [6, 6.07) is 0. The Labute approximate surface area is 136 Å². The van der Waals surface area contributed by atoms with Gasteiger partial charge >= 0.3 is 0 Å². The molecule has 11 nitrogen and oxygen atoms in total. The number of hydrogen-bond acceptors (Lipinski definition) is 10. The van der Waals surface area contributed by atoms with Gasteiger partial charge in [-0.15, -0.1) is 0 Å². The number of aromatic nitrogens is 4. The molecule has 5 N–H and O–H groups in total. The quantitative estimate of drug-likeness (QED) is 0.342. The highest BCUT2D eigenvalue weighted by atomic mass is 16.7. The minimum absolute atomic E-state index is 0.00578. The molecule has 2 aromatic rings. The molecule has 0 radical (unpaired) electrons. The summed E-state index contributed by atoms with van der Waals surface area (Å²) in [4.78, 5) is 12.0. The van der Waals surface area contributed by atoms with Crippen molar-refractivity contribution in [3.63, 3.8) is 0 Å². The van der Waals surface area contributed by atoms with Crippen molar-refractivity contribution in [1.82, 2.24) is 19.5 Å². The number of imidazole rings is 1.